The minimum atomic E-state index is -3.13. The third-order valence-electron chi connectivity index (χ3n) is 1.71. The van der Waals surface area contributed by atoms with Crippen LogP contribution in [0.2, 0.25) is 0 Å². The second-order valence-corrected chi connectivity index (χ2v) is 2.85. The van der Waals surface area contributed by atoms with Crippen molar-refractivity contribution in [2.24, 2.45) is 0 Å². The second kappa shape index (κ2) is 4.48. The van der Waals surface area contributed by atoms with Gasteiger partial charge >= 0.3 is 5.97 Å². The van der Waals surface area contributed by atoms with Crippen LogP contribution >= 0.6 is 11.6 Å². The van der Waals surface area contributed by atoms with Crippen LogP contribution in [-0.2, 0) is 5.88 Å². The van der Waals surface area contributed by atoms with Crippen molar-refractivity contribution in [3.05, 3.63) is 28.8 Å². The molecule has 0 aliphatic carbocycles. The van der Waals surface area contributed by atoms with Gasteiger partial charge < -0.3 is 5.11 Å². The summed E-state index contributed by atoms with van der Waals surface area (Å²) in [5.41, 5.74) is -2.36. The Morgan fingerprint density at radius 3 is 2.60 bits per heavy atom. The van der Waals surface area contributed by atoms with Gasteiger partial charge in [0.1, 0.15) is 5.56 Å². The van der Waals surface area contributed by atoms with Crippen LogP contribution < -0.4 is 0 Å². The number of carboxylic acids is 1. The van der Waals surface area contributed by atoms with Crippen molar-refractivity contribution >= 4 is 17.6 Å². The fraction of sp³-hybridized carbons (Fsp3) is 0.250. The van der Waals surface area contributed by atoms with Gasteiger partial charge in [-0.15, -0.1) is 11.6 Å². The number of rotatable bonds is 3. The fourth-order valence-electron chi connectivity index (χ4n) is 1.10. The van der Waals surface area contributed by atoms with E-state index >= 15 is 0 Å². The van der Waals surface area contributed by atoms with Crippen LogP contribution in [0.3, 0.4) is 0 Å². The summed E-state index contributed by atoms with van der Waals surface area (Å²) in [7, 11) is 0. The average molecular weight is 240 g/mol. The number of carboxylic acid groups (broad SMARTS) is 1. The highest BCUT2D eigenvalue weighted by molar-refractivity contribution is 6.17. The molecule has 0 aromatic carbocycles. The van der Waals surface area contributed by atoms with Crippen LogP contribution in [0, 0.1) is 5.82 Å². The molecule has 1 aromatic heterocycles. The summed E-state index contributed by atoms with van der Waals surface area (Å²) in [5, 5.41) is 8.57. The summed E-state index contributed by atoms with van der Waals surface area (Å²) in [4.78, 5) is 13.9. The summed E-state index contributed by atoms with van der Waals surface area (Å²) in [6, 6.07) is 0. The van der Waals surface area contributed by atoms with E-state index in [1.807, 2.05) is 0 Å². The molecule has 1 aromatic rings. The van der Waals surface area contributed by atoms with Crippen LogP contribution in [0.5, 0.6) is 0 Å². The Morgan fingerprint density at radius 1 is 1.60 bits per heavy atom. The third-order valence-corrected chi connectivity index (χ3v) is 1.96. The third kappa shape index (κ3) is 2.20. The number of hydrogen-bond acceptors (Lipinski definition) is 2. The van der Waals surface area contributed by atoms with Gasteiger partial charge in [0.05, 0.1) is 23.3 Å². The zero-order chi connectivity index (χ0) is 11.6. The number of aromatic carboxylic acids is 1. The van der Waals surface area contributed by atoms with Gasteiger partial charge in [-0.25, -0.2) is 18.0 Å². The molecule has 1 N–H and O–H groups in total. The molecule has 7 heteroatoms. The van der Waals surface area contributed by atoms with E-state index in [1.165, 1.54) is 0 Å². The molecule has 15 heavy (non-hydrogen) atoms. The van der Waals surface area contributed by atoms with Crippen molar-refractivity contribution in [3.63, 3.8) is 0 Å². The van der Waals surface area contributed by atoms with Gasteiger partial charge in [-0.05, 0) is 0 Å². The van der Waals surface area contributed by atoms with Crippen LogP contribution in [-0.4, -0.2) is 16.1 Å². The van der Waals surface area contributed by atoms with Gasteiger partial charge in [-0.2, -0.15) is 0 Å². The first kappa shape index (κ1) is 11.8. The molecule has 0 saturated heterocycles. The van der Waals surface area contributed by atoms with Gasteiger partial charge in [0.15, 0.2) is 5.82 Å². The highest BCUT2D eigenvalue weighted by atomic mass is 35.5. The monoisotopic (exact) mass is 239 g/mol. The quantitative estimate of drug-likeness (QED) is 0.825. The van der Waals surface area contributed by atoms with Crippen LogP contribution in [0.4, 0.5) is 13.2 Å². The number of halogens is 4. The topological polar surface area (TPSA) is 50.2 Å². The summed E-state index contributed by atoms with van der Waals surface area (Å²) in [5.74, 6) is -3.47. The highest BCUT2D eigenvalue weighted by Gasteiger charge is 2.26. The first-order valence-corrected chi connectivity index (χ1v) is 4.27. The lowest BCUT2D eigenvalue weighted by molar-refractivity contribution is 0.0677. The average Bonchev–Trinajstić information content (AvgIpc) is 2.16. The first-order valence-electron chi connectivity index (χ1n) is 3.73. The van der Waals surface area contributed by atoms with E-state index in [1.54, 1.807) is 0 Å². The van der Waals surface area contributed by atoms with Crippen LogP contribution in [0.1, 0.15) is 28.0 Å². The molecule has 0 fully saturated rings. The number of nitrogens with zero attached hydrogens (tertiary/aromatic N) is 1. The number of hydrogen-bond donors (Lipinski definition) is 1. The van der Waals surface area contributed by atoms with E-state index < -0.39 is 35.2 Å². The SMILES string of the molecule is O=C(O)c1c(F)cnc(CCl)c1C(F)F. The van der Waals surface area contributed by atoms with Crippen molar-refractivity contribution < 1.29 is 23.1 Å². The minimum Gasteiger partial charge on any atom is -0.478 e. The van der Waals surface area contributed by atoms with E-state index in [-0.39, 0.29) is 5.69 Å². The summed E-state index contributed by atoms with van der Waals surface area (Å²) in [6.45, 7) is 0. The Balaban J connectivity index is 3.51. The molecule has 0 spiro atoms. The number of pyridine rings is 1. The van der Waals surface area contributed by atoms with Crippen molar-refractivity contribution in [1.29, 1.82) is 0 Å². The molecule has 1 heterocycles. The molecule has 0 atom stereocenters. The molecule has 82 valence electrons. The van der Waals surface area contributed by atoms with E-state index in [0.29, 0.717) is 6.20 Å². The Morgan fingerprint density at radius 2 is 2.20 bits per heavy atom. The normalized spacial score (nSPS) is 10.7. The van der Waals surface area contributed by atoms with E-state index in [4.69, 9.17) is 16.7 Å². The molecule has 0 aliphatic heterocycles. The number of aromatic nitrogens is 1. The van der Waals surface area contributed by atoms with E-state index in [9.17, 15) is 18.0 Å². The van der Waals surface area contributed by atoms with Gasteiger partial charge in [-0.1, -0.05) is 0 Å². The number of alkyl halides is 3. The molecular weight excluding hydrogens is 235 g/mol. The summed E-state index contributed by atoms with van der Waals surface area (Å²) in [6.07, 6.45) is -2.57. The van der Waals surface area contributed by atoms with E-state index in [2.05, 4.69) is 4.98 Å². The van der Waals surface area contributed by atoms with Gasteiger partial charge in [0.2, 0.25) is 0 Å². The van der Waals surface area contributed by atoms with Gasteiger partial charge in [-0.3, -0.25) is 4.98 Å². The predicted octanol–water partition coefficient (Wildman–Crippen LogP) is 2.60. The Bertz CT molecular complexity index is 398. The van der Waals surface area contributed by atoms with E-state index in [0.717, 1.165) is 0 Å². The fourth-order valence-corrected chi connectivity index (χ4v) is 1.31. The molecule has 0 radical (unpaired) electrons. The molecule has 0 amide bonds. The maximum Gasteiger partial charge on any atom is 0.339 e. The highest BCUT2D eigenvalue weighted by Crippen LogP contribution is 2.28. The molecular formula is C8H5ClF3NO2. The first-order chi connectivity index (χ1) is 6.99. The Labute approximate surface area is 87.5 Å². The Hall–Kier alpha value is -1.30. The molecule has 0 aliphatic rings. The lowest BCUT2D eigenvalue weighted by Gasteiger charge is -2.09. The second-order valence-electron chi connectivity index (χ2n) is 2.58. The summed E-state index contributed by atoms with van der Waals surface area (Å²) >= 11 is 5.29. The van der Waals surface area contributed by atoms with Crippen molar-refractivity contribution in [2.75, 3.05) is 0 Å². The van der Waals surface area contributed by atoms with Crippen molar-refractivity contribution in [2.45, 2.75) is 12.3 Å². The molecule has 0 saturated carbocycles. The smallest absolute Gasteiger partial charge is 0.339 e. The Kier molecular flexibility index (Phi) is 3.52. The molecule has 1 rings (SSSR count). The zero-order valence-electron chi connectivity index (χ0n) is 7.18. The number of carbonyl (C=O) groups is 1. The van der Waals surface area contributed by atoms with Gasteiger partial charge in [0.25, 0.3) is 6.43 Å². The van der Waals surface area contributed by atoms with Crippen molar-refractivity contribution in [3.8, 4) is 0 Å². The molecule has 0 bridgehead atoms. The van der Waals surface area contributed by atoms with Crippen molar-refractivity contribution in [1.82, 2.24) is 4.98 Å². The largest absolute Gasteiger partial charge is 0.478 e. The standard InChI is InChI=1S/C8H5ClF3NO2/c9-1-4-6(7(11)12)5(8(14)15)3(10)2-13-4/h2,7H,1H2,(H,14,15). The zero-order valence-corrected chi connectivity index (χ0v) is 7.93. The van der Waals surface area contributed by atoms with Gasteiger partial charge in [0, 0.05) is 0 Å². The summed E-state index contributed by atoms with van der Waals surface area (Å²) < 4.78 is 37.9. The van der Waals surface area contributed by atoms with Crippen LogP contribution in [0.25, 0.3) is 0 Å². The van der Waals surface area contributed by atoms with Crippen LogP contribution in [0.15, 0.2) is 6.20 Å². The maximum atomic E-state index is 13.0. The lowest BCUT2D eigenvalue weighted by atomic mass is 10.1. The maximum absolute atomic E-state index is 13.0. The minimum absolute atomic E-state index is 0.328. The molecule has 3 nitrogen and oxygen atoms in total. The lowest BCUT2D eigenvalue weighted by Crippen LogP contribution is -2.11. The molecule has 0 unspecified atom stereocenters. The predicted molar refractivity (Wildman–Crippen MR) is 45.7 cm³/mol.